The van der Waals surface area contributed by atoms with Gasteiger partial charge in [-0.1, -0.05) is 13.8 Å². The molecule has 0 radical (unpaired) electrons. The summed E-state index contributed by atoms with van der Waals surface area (Å²) in [5.41, 5.74) is 7.66. The number of nitrogen functional groups attached to an aromatic ring is 1. The van der Waals surface area contributed by atoms with Gasteiger partial charge in [-0.2, -0.15) is 0 Å². The summed E-state index contributed by atoms with van der Waals surface area (Å²) in [6, 6.07) is 0. The fourth-order valence-corrected chi connectivity index (χ4v) is 2.36. The Hall–Kier alpha value is -0.810. The van der Waals surface area contributed by atoms with E-state index in [9.17, 15) is 0 Å². The number of hydrogen-bond acceptors (Lipinski definition) is 4. The molecule has 4 nitrogen and oxygen atoms in total. The first-order chi connectivity index (χ1) is 7.82. The number of hydrogen-bond donors (Lipinski definition) is 2. The Bertz CT molecular complexity index is 357. The van der Waals surface area contributed by atoms with Crippen LogP contribution in [0.15, 0.2) is 16.9 Å². The van der Waals surface area contributed by atoms with E-state index in [0.29, 0.717) is 5.69 Å². The molecule has 1 rings (SSSR count). The van der Waals surface area contributed by atoms with Crippen molar-refractivity contribution in [3.63, 3.8) is 0 Å². The van der Waals surface area contributed by atoms with Crippen LogP contribution in [0, 0.1) is 5.41 Å². The quantitative estimate of drug-likeness (QED) is 0.877. The summed E-state index contributed by atoms with van der Waals surface area (Å²) in [6.45, 7) is 6.33. The van der Waals surface area contributed by atoms with Gasteiger partial charge >= 0.3 is 0 Å². The lowest BCUT2D eigenvalue weighted by molar-refractivity contribution is 0.254. The first-order valence-corrected chi connectivity index (χ1v) is 6.39. The van der Waals surface area contributed by atoms with Gasteiger partial charge in [0.25, 0.3) is 0 Å². The van der Waals surface area contributed by atoms with Crippen molar-refractivity contribution in [3.8, 4) is 0 Å². The zero-order valence-electron chi connectivity index (χ0n) is 10.9. The molecule has 0 saturated heterocycles. The minimum Gasteiger partial charge on any atom is -0.396 e. The van der Waals surface area contributed by atoms with Crippen LogP contribution in [0.1, 0.15) is 13.8 Å². The molecule has 1 aromatic heterocycles. The van der Waals surface area contributed by atoms with E-state index in [2.05, 4.69) is 59.1 Å². The Morgan fingerprint density at radius 3 is 2.59 bits per heavy atom. The van der Waals surface area contributed by atoms with Crippen molar-refractivity contribution in [2.45, 2.75) is 13.8 Å². The van der Waals surface area contributed by atoms with E-state index < -0.39 is 0 Å². The Morgan fingerprint density at radius 1 is 1.41 bits per heavy atom. The van der Waals surface area contributed by atoms with E-state index in [1.807, 2.05) is 0 Å². The van der Waals surface area contributed by atoms with Gasteiger partial charge in [0.15, 0.2) is 0 Å². The highest BCUT2D eigenvalue weighted by Gasteiger charge is 2.19. The number of nitrogens with one attached hydrogen (secondary N) is 1. The smallest absolute Gasteiger partial charge is 0.0750 e. The third kappa shape index (κ3) is 4.52. The van der Waals surface area contributed by atoms with Crippen LogP contribution < -0.4 is 11.1 Å². The summed E-state index contributed by atoms with van der Waals surface area (Å²) in [4.78, 5) is 6.20. The second kappa shape index (κ2) is 5.69. The molecule has 96 valence electrons. The van der Waals surface area contributed by atoms with Gasteiger partial charge in [0.05, 0.1) is 22.0 Å². The molecule has 5 heteroatoms. The summed E-state index contributed by atoms with van der Waals surface area (Å²) in [7, 11) is 4.16. The van der Waals surface area contributed by atoms with Gasteiger partial charge in [0, 0.05) is 19.3 Å². The molecular formula is C12H21BrN4. The third-order valence-electron chi connectivity index (χ3n) is 2.42. The molecular weight excluding hydrogens is 280 g/mol. The first-order valence-electron chi connectivity index (χ1n) is 5.59. The van der Waals surface area contributed by atoms with E-state index in [1.54, 1.807) is 12.4 Å². The predicted octanol–water partition coefficient (Wildman–Crippen LogP) is 2.43. The molecule has 0 spiro atoms. The fraction of sp³-hybridized carbons (Fsp3) is 0.583. The van der Waals surface area contributed by atoms with Crippen molar-refractivity contribution in [3.05, 3.63) is 16.9 Å². The van der Waals surface area contributed by atoms with Crippen molar-refractivity contribution in [2.75, 3.05) is 38.2 Å². The molecule has 0 fully saturated rings. The molecule has 0 aromatic carbocycles. The molecule has 1 aromatic rings. The number of nitrogens with zero attached hydrogens (tertiary/aromatic N) is 2. The third-order valence-corrected chi connectivity index (χ3v) is 3.02. The van der Waals surface area contributed by atoms with E-state index in [4.69, 9.17) is 5.73 Å². The maximum absolute atomic E-state index is 5.89. The summed E-state index contributed by atoms with van der Waals surface area (Å²) in [6.07, 6.45) is 3.41. The average Bonchev–Trinajstić information content (AvgIpc) is 2.14. The lowest BCUT2D eigenvalue weighted by Crippen LogP contribution is -2.34. The number of pyridine rings is 1. The predicted molar refractivity (Wildman–Crippen MR) is 77.2 cm³/mol. The van der Waals surface area contributed by atoms with Crippen molar-refractivity contribution < 1.29 is 0 Å². The van der Waals surface area contributed by atoms with Crippen LogP contribution in [0.4, 0.5) is 11.4 Å². The van der Waals surface area contributed by atoms with Gasteiger partial charge in [-0.3, -0.25) is 4.98 Å². The van der Waals surface area contributed by atoms with Gasteiger partial charge in [-0.25, -0.2) is 0 Å². The van der Waals surface area contributed by atoms with Gasteiger partial charge < -0.3 is 16.0 Å². The van der Waals surface area contributed by atoms with Gasteiger partial charge in [-0.05, 0) is 35.4 Å². The Kier molecular flexibility index (Phi) is 4.77. The summed E-state index contributed by atoms with van der Waals surface area (Å²) in [5, 5.41) is 3.39. The largest absolute Gasteiger partial charge is 0.396 e. The standard InChI is InChI=1S/C12H21BrN4/c1-12(2,8-17(3)4)7-16-11-9(13)5-15-6-10(11)14/h5-6H,7-8,14H2,1-4H3,(H,15,16). The first kappa shape index (κ1) is 14.3. The molecule has 17 heavy (non-hydrogen) atoms. The van der Waals surface area contributed by atoms with E-state index in [-0.39, 0.29) is 5.41 Å². The minimum atomic E-state index is 0.179. The van der Waals surface area contributed by atoms with Crippen molar-refractivity contribution >= 4 is 27.3 Å². The lowest BCUT2D eigenvalue weighted by Gasteiger charge is -2.29. The highest BCUT2D eigenvalue weighted by atomic mass is 79.9. The SMILES string of the molecule is CN(C)CC(C)(C)CNc1c(N)cncc1Br. The highest BCUT2D eigenvalue weighted by Crippen LogP contribution is 2.28. The number of anilines is 2. The molecule has 0 aliphatic rings. The molecule has 0 bridgehead atoms. The normalized spacial score (nSPS) is 11.9. The average molecular weight is 301 g/mol. The second-order valence-corrected chi connectivity index (χ2v) is 6.20. The minimum absolute atomic E-state index is 0.179. The zero-order valence-corrected chi connectivity index (χ0v) is 12.5. The summed E-state index contributed by atoms with van der Waals surface area (Å²) >= 11 is 3.45. The van der Waals surface area contributed by atoms with Crippen LogP contribution in [0.5, 0.6) is 0 Å². The second-order valence-electron chi connectivity index (χ2n) is 5.34. The number of halogens is 1. The molecule has 0 aliphatic carbocycles. The van der Waals surface area contributed by atoms with Crippen molar-refractivity contribution in [1.82, 2.24) is 9.88 Å². The van der Waals surface area contributed by atoms with Crippen molar-refractivity contribution in [2.24, 2.45) is 5.41 Å². The monoisotopic (exact) mass is 300 g/mol. The van der Waals surface area contributed by atoms with Crippen LogP contribution in [0.3, 0.4) is 0 Å². The van der Waals surface area contributed by atoms with Gasteiger partial charge in [0.2, 0.25) is 0 Å². The van der Waals surface area contributed by atoms with Gasteiger partial charge in [-0.15, -0.1) is 0 Å². The van der Waals surface area contributed by atoms with E-state index >= 15 is 0 Å². The maximum atomic E-state index is 5.89. The number of rotatable bonds is 5. The topological polar surface area (TPSA) is 54.2 Å². The summed E-state index contributed by atoms with van der Waals surface area (Å²) < 4.78 is 0.901. The lowest BCUT2D eigenvalue weighted by atomic mass is 9.93. The highest BCUT2D eigenvalue weighted by molar-refractivity contribution is 9.10. The molecule has 0 aliphatic heterocycles. The number of aromatic nitrogens is 1. The zero-order chi connectivity index (χ0) is 13.1. The molecule has 0 unspecified atom stereocenters. The Balaban J connectivity index is 2.67. The Labute approximate surface area is 112 Å². The van der Waals surface area contributed by atoms with Crippen LogP contribution in [-0.2, 0) is 0 Å². The summed E-state index contributed by atoms with van der Waals surface area (Å²) in [5.74, 6) is 0. The fourth-order valence-electron chi connectivity index (χ4n) is 1.88. The van der Waals surface area contributed by atoms with Crippen LogP contribution >= 0.6 is 15.9 Å². The molecule has 0 amide bonds. The molecule has 0 atom stereocenters. The van der Waals surface area contributed by atoms with Crippen LogP contribution in [-0.4, -0.2) is 37.1 Å². The molecule has 1 heterocycles. The Morgan fingerprint density at radius 2 is 2.06 bits per heavy atom. The van der Waals surface area contributed by atoms with E-state index in [1.165, 1.54) is 0 Å². The van der Waals surface area contributed by atoms with Crippen LogP contribution in [0.25, 0.3) is 0 Å². The van der Waals surface area contributed by atoms with Crippen LogP contribution in [0.2, 0.25) is 0 Å². The number of nitrogens with two attached hydrogens (primary N) is 1. The molecule has 3 N–H and O–H groups in total. The molecule has 0 saturated carbocycles. The van der Waals surface area contributed by atoms with E-state index in [0.717, 1.165) is 23.2 Å². The maximum Gasteiger partial charge on any atom is 0.0750 e. The van der Waals surface area contributed by atoms with Gasteiger partial charge in [0.1, 0.15) is 0 Å². The van der Waals surface area contributed by atoms with Crippen molar-refractivity contribution in [1.29, 1.82) is 0 Å².